The first kappa shape index (κ1) is 21.5. The van der Waals surface area contributed by atoms with E-state index in [2.05, 4.69) is 15.3 Å². The number of thiazole rings is 1. The molecule has 10 heteroatoms. The first-order chi connectivity index (χ1) is 15.3. The molecule has 1 aliphatic heterocycles. The first-order valence-corrected chi connectivity index (χ1v) is 11.8. The van der Waals surface area contributed by atoms with Gasteiger partial charge in [0.05, 0.1) is 22.6 Å². The van der Waals surface area contributed by atoms with Gasteiger partial charge in [-0.1, -0.05) is 11.3 Å². The molecule has 4 aliphatic rings. The van der Waals surface area contributed by atoms with Gasteiger partial charge in [-0.2, -0.15) is 9.37 Å². The normalized spacial score (nSPS) is 26.9. The van der Waals surface area contributed by atoms with Crippen LogP contribution >= 0.6 is 11.3 Å². The van der Waals surface area contributed by atoms with E-state index in [4.69, 9.17) is 9.47 Å². The quantitative estimate of drug-likeness (QED) is 0.662. The Kier molecular flexibility index (Phi) is 5.12. The van der Waals surface area contributed by atoms with Crippen molar-refractivity contribution in [3.05, 3.63) is 11.5 Å². The van der Waals surface area contributed by atoms with E-state index >= 15 is 0 Å². The summed E-state index contributed by atoms with van der Waals surface area (Å²) in [4.78, 5) is 35.8. The van der Waals surface area contributed by atoms with Crippen molar-refractivity contribution in [3.8, 4) is 5.88 Å². The standard InChI is InChI=1S/C22H27FN4O4S/c1-4-27(2)19(29)22-9-21(10-22,11-22)18(28)26-20-24-14-15(32-20)13(12-5-7-31-8-6-12)16(23)25-17(14)30-3/h12H,4-11H2,1-3H3,(H,24,26,28). The molecule has 8 nitrogen and oxygen atoms in total. The van der Waals surface area contributed by atoms with Crippen molar-refractivity contribution in [2.75, 3.05) is 39.2 Å². The van der Waals surface area contributed by atoms with Crippen LogP contribution in [0.3, 0.4) is 0 Å². The molecule has 3 heterocycles. The summed E-state index contributed by atoms with van der Waals surface area (Å²) in [5.41, 5.74) is 0.116. The molecule has 1 saturated heterocycles. The van der Waals surface area contributed by atoms with E-state index in [1.807, 2.05) is 6.92 Å². The first-order valence-electron chi connectivity index (χ1n) is 11.0. The Morgan fingerprint density at radius 2 is 1.94 bits per heavy atom. The number of ether oxygens (including phenoxy) is 2. The number of halogens is 1. The van der Waals surface area contributed by atoms with E-state index in [-0.39, 0.29) is 29.0 Å². The second-order valence-electron chi connectivity index (χ2n) is 9.27. The molecule has 4 fully saturated rings. The zero-order valence-corrected chi connectivity index (χ0v) is 19.3. The molecule has 6 rings (SSSR count). The molecule has 2 aromatic heterocycles. The molecule has 0 atom stereocenters. The van der Waals surface area contributed by atoms with E-state index in [1.165, 1.54) is 18.4 Å². The molecule has 32 heavy (non-hydrogen) atoms. The van der Waals surface area contributed by atoms with E-state index in [9.17, 15) is 14.0 Å². The third-order valence-corrected chi connectivity index (χ3v) is 8.33. The minimum atomic E-state index is -0.553. The zero-order valence-electron chi connectivity index (χ0n) is 18.5. The number of carbonyl (C=O) groups excluding carboxylic acids is 2. The van der Waals surface area contributed by atoms with Crippen LogP contribution in [-0.4, -0.2) is 60.6 Å². The molecule has 172 valence electrons. The van der Waals surface area contributed by atoms with Gasteiger partial charge in [-0.3, -0.25) is 9.59 Å². The van der Waals surface area contributed by atoms with Crippen LogP contribution in [0.1, 0.15) is 50.5 Å². The van der Waals surface area contributed by atoms with Crippen molar-refractivity contribution >= 4 is 38.5 Å². The summed E-state index contributed by atoms with van der Waals surface area (Å²) in [6.45, 7) is 3.76. The van der Waals surface area contributed by atoms with Gasteiger partial charge in [-0.25, -0.2) is 4.98 Å². The van der Waals surface area contributed by atoms with Crippen molar-refractivity contribution in [1.82, 2.24) is 14.9 Å². The van der Waals surface area contributed by atoms with Gasteiger partial charge in [0.15, 0.2) is 5.13 Å². The number of rotatable bonds is 6. The Labute approximate surface area is 189 Å². The molecule has 0 radical (unpaired) electrons. The summed E-state index contributed by atoms with van der Waals surface area (Å²) in [6.07, 6.45) is 3.16. The third kappa shape index (κ3) is 3.10. The molecule has 0 unspecified atom stereocenters. The molecule has 0 aromatic carbocycles. The van der Waals surface area contributed by atoms with Gasteiger partial charge in [0.2, 0.25) is 23.6 Å². The van der Waals surface area contributed by atoms with Gasteiger partial charge in [-0.05, 0) is 44.9 Å². The lowest BCUT2D eigenvalue weighted by atomic mass is 9.34. The number of fused-ring (bicyclic) bond motifs is 1. The third-order valence-electron chi connectivity index (χ3n) is 7.33. The number of aromatic nitrogens is 2. The van der Waals surface area contributed by atoms with Crippen molar-refractivity contribution < 1.29 is 23.5 Å². The van der Waals surface area contributed by atoms with E-state index < -0.39 is 11.4 Å². The summed E-state index contributed by atoms with van der Waals surface area (Å²) in [5, 5.41) is 3.33. The molecule has 2 bridgehead atoms. The predicted molar refractivity (Wildman–Crippen MR) is 117 cm³/mol. The summed E-state index contributed by atoms with van der Waals surface area (Å²) in [7, 11) is 3.23. The number of nitrogens with one attached hydrogen (secondary N) is 1. The van der Waals surface area contributed by atoms with Crippen LogP contribution in [0.4, 0.5) is 9.52 Å². The molecule has 2 aromatic rings. The lowest BCUT2D eigenvalue weighted by Gasteiger charge is -2.68. The summed E-state index contributed by atoms with van der Waals surface area (Å²) >= 11 is 1.25. The highest BCUT2D eigenvalue weighted by atomic mass is 32.1. The Morgan fingerprint density at radius 1 is 1.25 bits per heavy atom. The monoisotopic (exact) mass is 462 g/mol. The molecule has 1 N–H and O–H groups in total. The average Bonchev–Trinajstić information content (AvgIpc) is 3.14. The largest absolute Gasteiger partial charge is 0.479 e. The van der Waals surface area contributed by atoms with Crippen molar-refractivity contribution in [2.24, 2.45) is 10.8 Å². The fourth-order valence-electron chi connectivity index (χ4n) is 5.51. The molecule has 2 amide bonds. The van der Waals surface area contributed by atoms with E-state index in [1.54, 1.807) is 11.9 Å². The fraction of sp³-hybridized carbons (Fsp3) is 0.636. The SMILES string of the molecule is CCN(C)C(=O)C12CC(C(=O)Nc3nc4c(OC)nc(F)c(C5CCOCC5)c4s3)(C1)C2. The smallest absolute Gasteiger partial charge is 0.243 e. The maximum atomic E-state index is 14.9. The van der Waals surface area contributed by atoms with Crippen LogP contribution < -0.4 is 10.1 Å². The van der Waals surface area contributed by atoms with Gasteiger partial charge in [0, 0.05) is 32.4 Å². The summed E-state index contributed by atoms with van der Waals surface area (Å²) in [6, 6.07) is 0. The molecule has 3 aliphatic carbocycles. The Balaban J connectivity index is 1.38. The number of nitrogens with zero attached hydrogens (tertiary/aromatic N) is 3. The Bertz CT molecular complexity index is 1080. The molecule has 3 saturated carbocycles. The number of hydrogen-bond acceptors (Lipinski definition) is 7. The fourth-order valence-corrected chi connectivity index (χ4v) is 6.58. The predicted octanol–water partition coefficient (Wildman–Crippen LogP) is 3.32. The van der Waals surface area contributed by atoms with Crippen LogP contribution in [0.2, 0.25) is 0 Å². The minimum Gasteiger partial charge on any atom is -0.479 e. The number of amides is 2. The van der Waals surface area contributed by atoms with Crippen LogP contribution in [0.5, 0.6) is 5.88 Å². The highest BCUT2D eigenvalue weighted by Crippen LogP contribution is 2.74. The van der Waals surface area contributed by atoms with Gasteiger partial charge < -0.3 is 19.7 Å². The summed E-state index contributed by atoms with van der Waals surface area (Å²) in [5.74, 6) is -0.439. The average molecular weight is 463 g/mol. The van der Waals surface area contributed by atoms with Crippen LogP contribution in [0.25, 0.3) is 10.2 Å². The Morgan fingerprint density at radius 3 is 2.56 bits per heavy atom. The Hall–Kier alpha value is -2.33. The van der Waals surface area contributed by atoms with Crippen LogP contribution in [-0.2, 0) is 14.3 Å². The maximum Gasteiger partial charge on any atom is 0.243 e. The second-order valence-corrected chi connectivity index (χ2v) is 10.3. The van der Waals surface area contributed by atoms with Crippen molar-refractivity contribution in [1.29, 1.82) is 0 Å². The minimum absolute atomic E-state index is 0.00676. The number of pyridine rings is 1. The highest BCUT2D eigenvalue weighted by molar-refractivity contribution is 7.22. The second kappa shape index (κ2) is 7.62. The van der Waals surface area contributed by atoms with E-state index in [0.29, 0.717) is 72.8 Å². The number of anilines is 1. The number of methoxy groups -OCH3 is 1. The van der Waals surface area contributed by atoms with Crippen molar-refractivity contribution in [3.63, 3.8) is 0 Å². The van der Waals surface area contributed by atoms with Gasteiger partial charge in [0.1, 0.15) is 5.52 Å². The highest BCUT2D eigenvalue weighted by Gasteiger charge is 2.75. The van der Waals surface area contributed by atoms with Gasteiger partial charge in [0.25, 0.3) is 0 Å². The molecular weight excluding hydrogens is 435 g/mol. The lowest BCUT2D eigenvalue weighted by molar-refractivity contribution is -0.211. The summed E-state index contributed by atoms with van der Waals surface area (Å²) < 4.78 is 26.3. The van der Waals surface area contributed by atoms with Gasteiger partial charge in [-0.15, -0.1) is 0 Å². The van der Waals surface area contributed by atoms with Gasteiger partial charge >= 0.3 is 0 Å². The molecule has 0 spiro atoms. The molecular formula is C22H27FN4O4S. The van der Waals surface area contributed by atoms with Crippen LogP contribution in [0, 0.1) is 16.8 Å². The number of carbonyl (C=O) groups is 2. The number of hydrogen-bond donors (Lipinski definition) is 1. The van der Waals surface area contributed by atoms with Crippen LogP contribution in [0.15, 0.2) is 0 Å². The topological polar surface area (TPSA) is 93.7 Å². The lowest BCUT2D eigenvalue weighted by Crippen LogP contribution is -2.71. The van der Waals surface area contributed by atoms with Crippen molar-refractivity contribution in [2.45, 2.75) is 44.9 Å². The maximum absolute atomic E-state index is 14.9. The zero-order chi connectivity index (χ0) is 22.7. The van der Waals surface area contributed by atoms with E-state index in [0.717, 1.165) is 0 Å².